The molecule has 2 N–H and O–H groups in total. The van der Waals surface area contributed by atoms with E-state index in [4.69, 9.17) is 23.2 Å². The number of hydrogen-bond acceptors (Lipinski definition) is 3. The molecule has 0 aliphatic rings. The summed E-state index contributed by atoms with van der Waals surface area (Å²) < 4.78 is 0.947. The Balaban J connectivity index is 1.97. The van der Waals surface area contributed by atoms with Gasteiger partial charge < -0.3 is 5.11 Å². The maximum absolute atomic E-state index is 11.8. The summed E-state index contributed by atoms with van der Waals surface area (Å²) in [6.07, 6.45) is 1.49. The molecule has 0 saturated carbocycles. The van der Waals surface area contributed by atoms with Crippen LogP contribution in [-0.4, -0.2) is 17.2 Å². The van der Waals surface area contributed by atoms with E-state index in [1.807, 2.05) is 24.3 Å². The number of rotatable bonds is 4. The number of aromatic hydroxyl groups is 1. The highest BCUT2D eigenvalue weighted by molar-refractivity contribution is 9.10. The Bertz CT molecular complexity index is 718. The molecular formula is C15H11BrCl2N2O2. The molecule has 0 spiro atoms. The topological polar surface area (TPSA) is 61.7 Å². The van der Waals surface area contributed by atoms with E-state index >= 15 is 0 Å². The fourth-order valence-electron chi connectivity index (χ4n) is 1.69. The largest absolute Gasteiger partial charge is 0.506 e. The van der Waals surface area contributed by atoms with Crippen LogP contribution in [0.25, 0.3) is 0 Å². The number of hydrazone groups is 1. The third-order valence-electron chi connectivity index (χ3n) is 2.73. The summed E-state index contributed by atoms with van der Waals surface area (Å²) in [5.74, 6) is -0.414. The van der Waals surface area contributed by atoms with Gasteiger partial charge in [0.2, 0.25) is 5.91 Å². The van der Waals surface area contributed by atoms with E-state index in [9.17, 15) is 9.90 Å². The van der Waals surface area contributed by atoms with Crippen LogP contribution in [0.3, 0.4) is 0 Å². The highest BCUT2D eigenvalue weighted by Crippen LogP contribution is 2.29. The minimum Gasteiger partial charge on any atom is -0.506 e. The van der Waals surface area contributed by atoms with Gasteiger partial charge in [-0.05, 0) is 29.8 Å². The monoisotopic (exact) mass is 400 g/mol. The minimum absolute atomic E-state index is 0.120. The van der Waals surface area contributed by atoms with Gasteiger partial charge in [-0.25, -0.2) is 5.43 Å². The van der Waals surface area contributed by atoms with E-state index in [2.05, 4.69) is 26.5 Å². The van der Waals surface area contributed by atoms with Crippen LogP contribution in [0.1, 0.15) is 11.1 Å². The molecule has 1 amide bonds. The third-order valence-corrected chi connectivity index (χ3v) is 3.76. The first-order valence-electron chi connectivity index (χ1n) is 6.20. The zero-order valence-electron chi connectivity index (χ0n) is 11.2. The van der Waals surface area contributed by atoms with Crippen molar-refractivity contribution in [1.82, 2.24) is 5.43 Å². The van der Waals surface area contributed by atoms with Gasteiger partial charge in [-0.2, -0.15) is 5.10 Å². The van der Waals surface area contributed by atoms with Crippen molar-refractivity contribution < 1.29 is 9.90 Å². The van der Waals surface area contributed by atoms with Crippen LogP contribution < -0.4 is 5.43 Å². The van der Waals surface area contributed by atoms with Gasteiger partial charge in [0.05, 0.1) is 17.7 Å². The SMILES string of the molecule is O=C(Cc1ccc(Br)cc1)NN=Cc1cc(Cl)cc(Cl)c1O. The fourth-order valence-corrected chi connectivity index (χ4v) is 2.46. The van der Waals surface area contributed by atoms with Gasteiger partial charge in [0.15, 0.2) is 0 Å². The zero-order chi connectivity index (χ0) is 16.1. The number of nitrogens with one attached hydrogen (secondary N) is 1. The average molecular weight is 402 g/mol. The molecule has 0 atom stereocenters. The molecule has 2 rings (SSSR count). The molecule has 0 aliphatic heterocycles. The van der Waals surface area contributed by atoms with Gasteiger partial charge in [0.25, 0.3) is 0 Å². The summed E-state index contributed by atoms with van der Waals surface area (Å²) in [5, 5.41) is 14.0. The van der Waals surface area contributed by atoms with Crippen molar-refractivity contribution in [3.8, 4) is 5.75 Å². The summed E-state index contributed by atoms with van der Waals surface area (Å²) in [7, 11) is 0. The van der Waals surface area contributed by atoms with Crippen LogP contribution in [0, 0.1) is 0 Å². The molecule has 22 heavy (non-hydrogen) atoms. The molecule has 0 aromatic heterocycles. The van der Waals surface area contributed by atoms with Gasteiger partial charge in [0, 0.05) is 15.1 Å². The lowest BCUT2D eigenvalue weighted by molar-refractivity contribution is -0.120. The molecule has 2 aromatic rings. The molecule has 7 heteroatoms. The molecule has 0 saturated heterocycles. The number of halogens is 3. The van der Waals surface area contributed by atoms with Gasteiger partial charge in [-0.1, -0.05) is 51.3 Å². The quantitative estimate of drug-likeness (QED) is 0.596. The van der Waals surface area contributed by atoms with Crippen LogP contribution >= 0.6 is 39.1 Å². The van der Waals surface area contributed by atoms with E-state index in [1.54, 1.807) is 0 Å². The maximum atomic E-state index is 11.8. The molecule has 0 unspecified atom stereocenters. The number of hydrogen-bond donors (Lipinski definition) is 2. The molecule has 0 radical (unpaired) electrons. The van der Waals surface area contributed by atoms with Crippen molar-refractivity contribution in [3.05, 3.63) is 62.0 Å². The van der Waals surface area contributed by atoms with Crippen molar-refractivity contribution in [1.29, 1.82) is 0 Å². The number of amides is 1. The Morgan fingerprint density at radius 1 is 1.27 bits per heavy atom. The highest BCUT2D eigenvalue weighted by atomic mass is 79.9. The smallest absolute Gasteiger partial charge is 0.244 e. The molecule has 0 bridgehead atoms. The predicted octanol–water partition coefficient (Wildman–Crippen LogP) is 4.15. The van der Waals surface area contributed by atoms with Crippen molar-refractivity contribution in [2.45, 2.75) is 6.42 Å². The molecule has 114 valence electrons. The Hall–Kier alpha value is -1.56. The molecular weight excluding hydrogens is 391 g/mol. The Morgan fingerprint density at radius 3 is 2.64 bits per heavy atom. The average Bonchev–Trinajstić information content (AvgIpc) is 2.46. The number of benzene rings is 2. The second kappa shape index (κ2) is 7.63. The van der Waals surface area contributed by atoms with Crippen LogP contribution in [-0.2, 0) is 11.2 Å². The second-order valence-electron chi connectivity index (χ2n) is 4.42. The van der Waals surface area contributed by atoms with E-state index in [-0.39, 0.29) is 23.1 Å². The first-order valence-corrected chi connectivity index (χ1v) is 7.75. The van der Waals surface area contributed by atoms with E-state index in [0.29, 0.717) is 10.6 Å². The molecule has 0 heterocycles. The second-order valence-corrected chi connectivity index (χ2v) is 6.18. The first-order chi connectivity index (χ1) is 10.5. The normalized spacial score (nSPS) is 10.9. The lowest BCUT2D eigenvalue weighted by Gasteiger charge is -2.03. The highest BCUT2D eigenvalue weighted by Gasteiger charge is 2.06. The summed E-state index contributed by atoms with van der Waals surface area (Å²) in [4.78, 5) is 11.8. The van der Waals surface area contributed by atoms with E-state index in [0.717, 1.165) is 10.0 Å². The van der Waals surface area contributed by atoms with Gasteiger partial charge in [0.1, 0.15) is 5.75 Å². The number of phenolic OH excluding ortho intramolecular Hbond substituents is 1. The van der Waals surface area contributed by atoms with Gasteiger partial charge >= 0.3 is 0 Å². The fraction of sp³-hybridized carbons (Fsp3) is 0.0667. The minimum atomic E-state index is -0.272. The Labute approximate surface area is 145 Å². The van der Waals surface area contributed by atoms with Crippen LogP contribution in [0.15, 0.2) is 46.0 Å². The number of nitrogens with zero attached hydrogens (tertiary/aromatic N) is 1. The van der Waals surface area contributed by atoms with Crippen LogP contribution in [0.5, 0.6) is 5.75 Å². The zero-order valence-corrected chi connectivity index (χ0v) is 14.3. The lowest BCUT2D eigenvalue weighted by atomic mass is 10.1. The number of carbonyl (C=O) groups excluding carboxylic acids is 1. The van der Waals surface area contributed by atoms with Gasteiger partial charge in [-0.15, -0.1) is 0 Å². The molecule has 0 fully saturated rings. The third kappa shape index (κ3) is 4.73. The van der Waals surface area contributed by atoms with Crippen molar-refractivity contribution in [2.24, 2.45) is 5.10 Å². The van der Waals surface area contributed by atoms with E-state index in [1.165, 1.54) is 18.3 Å². The molecule has 2 aromatic carbocycles. The lowest BCUT2D eigenvalue weighted by Crippen LogP contribution is -2.19. The summed E-state index contributed by atoms with van der Waals surface area (Å²) in [6.45, 7) is 0. The van der Waals surface area contributed by atoms with Crippen LogP contribution in [0.2, 0.25) is 10.0 Å². The van der Waals surface area contributed by atoms with Crippen LogP contribution in [0.4, 0.5) is 0 Å². The van der Waals surface area contributed by atoms with Crippen molar-refractivity contribution in [2.75, 3.05) is 0 Å². The van der Waals surface area contributed by atoms with E-state index < -0.39 is 0 Å². The molecule has 4 nitrogen and oxygen atoms in total. The number of phenols is 1. The standard InChI is InChI=1S/C15H11BrCl2N2O2/c16-11-3-1-9(2-4-11)5-14(21)20-19-8-10-6-12(17)7-13(18)15(10)22/h1-4,6-8,22H,5H2,(H,20,21). The Morgan fingerprint density at radius 2 is 1.95 bits per heavy atom. The molecule has 0 aliphatic carbocycles. The van der Waals surface area contributed by atoms with Gasteiger partial charge in [-0.3, -0.25) is 4.79 Å². The Kier molecular flexibility index (Phi) is 5.83. The number of carbonyl (C=O) groups is 1. The van der Waals surface area contributed by atoms with Crippen molar-refractivity contribution >= 4 is 51.3 Å². The summed E-state index contributed by atoms with van der Waals surface area (Å²) >= 11 is 15.0. The first kappa shape index (κ1) is 16.8. The summed E-state index contributed by atoms with van der Waals surface area (Å²) in [5.41, 5.74) is 3.57. The predicted molar refractivity (Wildman–Crippen MR) is 91.7 cm³/mol. The maximum Gasteiger partial charge on any atom is 0.244 e. The van der Waals surface area contributed by atoms with Crippen molar-refractivity contribution in [3.63, 3.8) is 0 Å². The summed E-state index contributed by atoms with van der Waals surface area (Å²) in [6, 6.07) is 10.3.